The Kier molecular flexibility index (Phi) is 4.77. The van der Waals surface area contributed by atoms with Crippen LogP contribution < -0.4 is 4.90 Å². The highest BCUT2D eigenvalue weighted by molar-refractivity contribution is 6.30. The second-order valence-electron chi connectivity index (χ2n) is 6.53. The van der Waals surface area contributed by atoms with Crippen LogP contribution in [0.25, 0.3) is 11.5 Å². The van der Waals surface area contributed by atoms with Gasteiger partial charge in [0.05, 0.1) is 11.3 Å². The molecule has 150 valence electrons. The van der Waals surface area contributed by atoms with E-state index in [1.165, 1.54) is 29.2 Å². The summed E-state index contributed by atoms with van der Waals surface area (Å²) in [5, 5.41) is 4.06. The van der Waals surface area contributed by atoms with Crippen molar-refractivity contribution in [3.05, 3.63) is 64.7 Å². The van der Waals surface area contributed by atoms with Crippen molar-refractivity contribution in [3.8, 4) is 11.5 Å². The number of alkyl halides is 3. The summed E-state index contributed by atoms with van der Waals surface area (Å²) in [7, 11) is 0. The minimum Gasteiger partial charge on any atom is -0.334 e. The zero-order valence-corrected chi connectivity index (χ0v) is 15.3. The maximum absolute atomic E-state index is 14.1. The topological polar surface area (TPSA) is 59.2 Å². The van der Waals surface area contributed by atoms with Gasteiger partial charge in [0.15, 0.2) is 5.82 Å². The molecule has 1 aliphatic rings. The molecule has 0 saturated carbocycles. The van der Waals surface area contributed by atoms with Crippen LogP contribution in [-0.2, 0) is 11.0 Å². The third-order valence-corrected chi connectivity index (χ3v) is 4.83. The van der Waals surface area contributed by atoms with Gasteiger partial charge in [0.2, 0.25) is 5.91 Å². The van der Waals surface area contributed by atoms with Crippen molar-refractivity contribution < 1.29 is 26.9 Å². The lowest BCUT2D eigenvalue weighted by Gasteiger charge is -2.17. The van der Waals surface area contributed by atoms with Crippen molar-refractivity contribution in [1.82, 2.24) is 10.1 Å². The first-order valence-corrected chi connectivity index (χ1v) is 8.87. The van der Waals surface area contributed by atoms with Crippen LogP contribution in [0, 0.1) is 5.82 Å². The number of amides is 1. The molecule has 2 aromatic carbocycles. The number of carbonyl (C=O) groups is 1. The maximum atomic E-state index is 14.1. The van der Waals surface area contributed by atoms with Gasteiger partial charge >= 0.3 is 6.18 Å². The molecule has 5 nitrogen and oxygen atoms in total. The van der Waals surface area contributed by atoms with Crippen LogP contribution in [0.15, 0.2) is 47.0 Å². The van der Waals surface area contributed by atoms with Gasteiger partial charge in [-0.1, -0.05) is 16.8 Å². The third kappa shape index (κ3) is 3.82. The number of nitrogens with zero attached hydrogens (tertiary/aromatic N) is 3. The average molecular weight is 426 g/mol. The maximum Gasteiger partial charge on any atom is 0.416 e. The van der Waals surface area contributed by atoms with E-state index in [1.54, 1.807) is 0 Å². The largest absolute Gasteiger partial charge is 0.416 e. The first-order chi connectivity index (χ1) is 13.7. The molecule has 1 fully saturated rings. The van der Waals surface area contributed by atoms with E-state index in [0.29, 0.717) is 5.56 Å². The van der Waals surface area contributed by atoms with Crippen LogP contribution >= 0.6 is 11.6 Å². The smallest absolute Gasteiger partial charge is 0.334 e. The normalized spacial score (nSPS) is 17.2. The van der Waals surface area contributed by atoms with E-state index in [2.05, 4.69) is 10.1 Å². The van der Waals surface area contributed by atoms with Crippen molar-refractivity contribution in [2.24, 2.45) is 0 Å². The number of hydrogen-bond acceptors (Lipinski definition) is 4. The fourth-order valence-electron chi connectivity index (χ4n) is 3.13. The molecule has 1 aromatic heterocycles. The second-order valence-corrected chi connectivity index (χ2v) is 6.97. The first kappa shape index (κ1) is 19.4. The molecule has 1 unspecified atom stereocenters. The van der Waals surface area contributed by atoms with E-state index in [-0.39, 0.29) is 41.3 Å². The van der Waals surface area contributed by atoms with Gasteiger partial charge in [-0.05, 0) is 42.5 Å². The molecule has 10 heteroatoms. The molecule has 0 bridgehead atoms. The minimum atomic E-state index is -4.44. The Balaban J connectivity index is 1.53. The van der Waals surface area contributed by atoms with E-state index >= 15 is 0 Å². The van der Waals surface area contributed by atoms with Gasteiger partial charge in [-0.3, -0.25) is 4.79 Å². The lowest BCUT2D eigenvalue weighted by atomic mass is 10.1. The van der Waals surface area contributed by atoms with Crippen LogP contribution in [0.1, 0.15) is 23.7 Å². The summed E-state index contributed by atoms with van der Waals surface area (Å²) in [6, 6.07) is 8.32. The highest BCUT2D eigenvalue weighted by atomic mass is 35.5. The van der Waals surface area contributed by atoms with Gasteiger partial charge in [0.25, 0.3) is 5.89 Å². The number of carbonyl (C=O) groups excluding carboxylic acids is 1. The molecule has 0 aliphatic carbocycles. The third-order valence-electron chi connectivity index (χ3n) is 4.59. The van der Waals surface area contributed by atoms with E-state index in [1.807, 2.05) is 0 Å². The standard InChI is InChI=1S/C19H12ClF4N3O2/c20-13-5-6-15(14(21)8-13)27-9-11(7-16(27)28)17-25-18(29-26-17)10-1-3-12(4-2-10)19(22,23)24/h1-6,8,11H,7,9H2. The Morgan fingerprint density at radius 3 is 2.52 bits per heavy atom. The summed E-state index contributed by atoms with van der Waals surface area (Å²) in [4.78, 5) is 17.8. The van der Waals surface area contributed by atoms with Crippen molar-refractivity contribution in [1.29, 1.82) is 0 Å². The van der Waals surface area contributed by atoms with Gasteiger partial charge < -0.3 is 9.42 Å². The second kappa shape index (κ2) is 7.14. The van der Waals surface area contributed by atoms with Crippen LogP contribution in [0.3, 0.4) is 0 Å². The number of halogens is 5. The zero-order valence-electron chi connectivity index (χ0n) is 14.6. The van der Waals surface area contributed by atoms with E-state index in [9.17, 15) is 22.4 Å². The van der Waals surface area contributed by atoms with Gasteiger partial charge in [-0.15, -0.1) is 0 Å². The summed E-state index contributed by atoms with van der Waals surface area (Å²) < 4.78 is 57.3. The molecule has 0 spiro atoms. The highest BCUT2D eigenvalue weighted by Crippen LogP contribution is 2.34. The lowest BCUT2D eigenvalue weighted by Crippen LogP contribution is -2.25. The van der Waals surface area contributed by atoms with Crippen LogP contribution in [0.5, 0.6) is 0 Å². The van der Waals surface area contributed by atoms with Crippen LogP contribution in [-0.4, -0.2) is 22.6 Å². The van der Waals surface area contributed by atoms with Gasteiger partial charge in [0.1, 0.15) is 5.82 Å². The zero-order chi connectivity index (χ0) is 20.8. The molecule has 4 rings (SSSR count). The number of anilines is 1. The van der Waals surface area contributed by atoms with Crippen molar-refractivity contribution in [2.75, 3.05) is 11.4 Å². The first-order valence-electron chi connectivity index (χ1n) is 8.49. The molecule has 2 heterocycles. The van der Waals surface area contributed by atoms with E-state index in [0.717, 1.165) is 18.2 Å². The summed E-state index contributed by atoms with van der Waals surface area (Å²) >= 11 is 5.74. The minimum absolute atomic E-state index is 0.0392. The molecule has 0 radical (unpaired) electrons. The van der Waals surface area contributed by atoms with Crippen LogP contribution in [0.4, 0.5) is 23.2 Å². The van der Waals surface area contributed by atoms with Crippen LogP contribution in [0.2, 0.25) is 5.02 Å². The summed E-state index contributed by atoms with van der Waals surface area (Å²) in [5.41, 5.74) is -0.363. The fraction of sp³-hybridized carbons (Fsp3) is 0.211. The molecule has 1 amide bonds. The van der Waals surface area contributed by atoms with Gasteiger partial charge in [-0.25, -0.2) is 4.39 Å². The molecule has 1 atom stereocenters. The van der Waals surface area contributed by atoms with Crippen molar-refractivity contribution in [3.63, 3.8) is 0 Å². The number of benzene rings is 2. The Hall–Kier alpha value is -2.94. The molecular weight excluding hydrogens is 414 g/mol. The molecular formula is C19H12ClF4N3O2. The van der Waals surface area contributed by atoms with Gasteiger partial charge in [0, 0.05) is 29.5 Å². The van der Waals surface area contributed by atoms with E-state index in [4.69, 9.17) is 16.1 Å². The summed E-state index contributed by atoms with van der Waals surface area (Å²) in [5.74, 6) is -1.10. The quantitative estimate of drug-likeness (QED) is 0.550. The predicted octanol–water partition coefficient (Wildman–Crippen LogP) is 5.07. The average Bonchev–Trinajstić information content (AvgIpc) is 3.28. The van der Waals surface area contributed by atoms with Crippen molar-refractivity contribution >= 4 is 23.2 Å². The Bertz CT molecular complexity index is 1070. The SMILES string of the molecule is O=C1CC(c2noc(-c3ccc(C(F)(F)F)cc3)n2)CN1c1ccc(Cl)cc1F. The number of rotatable bonds is 3. The monoisotopic (exact) mass is 425 g/mol. The fourth-order valence-corrected chi connectivity index (χ4v) is 3.29. The molecule has 0 N–H and O–H groups in total. The highest BCUT2D eigenvalue weighted by Gasteiger charge is 2.36. The molecule has 1 aliphatic heterocycles. The number of aromatic nitrogens is 2. The van der Waals surface area contributed by atoms with E-state index < -0.39 is 23.5 Å². The van der Waals surface area contributed by atoms with Gasteiger partial charge in [-0.2, -0.15) is 18.2 Å². The molecule has 1 saturated heterocycles. The summed E-state index contributed by atoms with van der Waals surface area (Å²) in [6.07, 6.45) is -4.39. The predicted molar refractivity (Wildman–Crippen MR) is 95.9 cm³/mol. The number of hydrogen-bond donors (Lipinski definition) is 0. The Morgan fingerprint density at radius 1 is 1.14 bits per heavy atom. The molecule has 3 aromatic rings. The summed E-state index contributed by atoms with van der Waals surface area (Å²) in [6.45, 7) is 0.142. The Morgan fingerprint density at radius 2 is 1.86 bits per heavy atom. The molecule has 29 heavy (non-hydrogen) atoms. The lowest BCUT2D eigenvalue weighted by molar-refractivity contribution is -0.137. The Labute approximate surface area is 166 Å². The van der Waals surface area contributed by atoms with Crippen molar-refractivity contribution in [2.45, 2.75) is 18.5 Å².